The van der Waals surface area contributed by atoms with Crippen LogP contribution >= 0.6 is 0 Å². The monoisotopic (exact) mass is 225 g/mol. The number of benzene rings is 1. The summed E-state index contributed by atoms with van der Waals surface area (Å²) in [6.45, 7) is 0.271. The highest BCUT2D eigenvalue weighted by molar-refractivity contribution is 6.05. The number of amides is 2. The molecule has 0 radical (unpaired) electrons. The van der Waals surface area contributed by atoms with Crippen molar-refractivity contribution in [2.75, 3.05) is 6.54 Å². The number of nitrogens with zero attached hydrogens (tertiary/aromatic N) is 1. The quantitative estimate of drug-likeness (QED) is 0.682. The van der Waals surface area contributed by atoms with Crippen molar-refractivity contribution in [2.24, 2.45) is 0 Å². The summed E-state index contributed by atoms with van der Waals surface area (Å²) in [5.74, 6) is -3.39. The molecule has 0 aliphatic carbocycles. The van der Waals surface area contributed by atoms with Crippen molar-refractivity contribution in [3.8, 4) is 0 Å². The molecule has 0 bridgehead atoms. The lowest BCUT2D eigenvalue weighted by Gasteiger charge is -2.13. The van der Waals surface area contributed by atoms with Gasteiger partial charge in [0.1, 0.15) is 0 Å². The fraction of sp³-hybridized carbons (Fsp3) is 0.273. The van der Waals surface area contributed by atoms with Crippen molar-refractivity contribution in [2.45, 2.75) is 12.8 Å². The molecule has 1 aromatic carbocycles. The Morgan fingerprint density at radius 1 is 1.31 bits per heavy atom. The first-order valence-electron chi connectivity index (χ1n) is 4.90. The first kappa shape index (κ1) is 10.7. The third kappa shape index (κ3) is 1.68. The fourth-order valence-electron chi connectivity index (χ4n) is 1.68. The zero-order chi connectivity index (χ0) is 11.7. The molecule has 1 heterocycles. The Balaban J connectivity index is 2.34. The number of carbonyl (C=O) groups is 2. The Labute approximate surface area is 90.7 Å². The van der Waals surface area contributed by atoms with Crippen LogP contribution in [-0.2, 0) is 4.79 Å². The number of imide groups is 1. The molecule has 1 fully saturated rings. The maximum absolute atomic E-state index is 13.3. The predicted octanol–water partition coefficient (Wildman–Crippen LogP) is 1.73. The van der Waals surface area contributed by atoms with Gasteiger partial charge in [-0.05, 0) is 18.6 Å². The van der Waals surface area contributed by atoms with Crippen molar-refractivity contribution >= 4 is 11.8 Å². The first-order chi connectivity index (χ1) is 7.61. The Morgan fingerprint density at radius 3 is 2.69 bits per heavy atom. The summed E-state index contributed by atoms with van der Waals surface area (Å²) in [6.07, 6.45) is 0.851. The third-order valence-electron chi connectivity index (χ3n) is 2.50. The van der Waals surface area contributed by atoms with Gasteiger partial charge in [0, 0.05) is 13.0 Å². The molecule has 0 spiro atoms. The van der Waals surface area contributed by atoms with E-state index in [2.05, 4.69) is 0 Å². The van der Waals surface area contributed by atoms with Gasteiger partial charge < -0.3 is 0 Å². The van der Waals surface area contributed by atoms with Crippen LogP contribution in [0.1, 0.15) is 23.2 Å². The van der Waals surface area contributed by atoms with Crippen LogP contribution in [0.3, 0.4) is 0 Å². The summed E-state index contributed by atoms with van der Waals surface area (Å²) in [5, 5.41) is 0. The number of hydrogen-bond acceptors (Lipinski definition) is 2. The Bertz CT molecular complexity index is 459. The lowest BCUT2D eigenvalue weighted by molar-refractivity contribution is -0.125. The van der Waals surface area contributed by atoms with Crippen LogP contribution in [0.5, 0.6) is 0 Å². The number of hydrogen-bond donors (Lipinski definition) is 0. The summed E-state index contributed by atoms with van der Waals surface area (Å²) < 4.78 is 26.2. The molecule has 5 heteroatoms. The molecule has 0 N–H and O–H groups in total. The van der Waals surface area contributed by atoms with E-state index in [9.17, 15) is 18.4 Å². The van der Waals surface area contributed by atoms with Crippen LogP contribution in [0.25, 0.3) is 0 Å². The van der Waals surface area contributed by atoms with Crippen molar-refractivity contribution < 1.29 is 18.4 Å². The molecule has 2 amide bonds. The number of rotatable bonds is 1. The molecular weight excluding hydrogens is 216 g/mol. The predicted molar refractivity (Wildman–Crippen MR) is 51.6 cm³/mol. The highest BCUT2D eigenvalue weighted by atomic mass is 19.2. The van der Waals surface area contributed by atoms with E-state index in [1.807, 2.05) is 0 Å². The Kier molecular flexibility index (Phi) is 2.68. The summed E-state index contributed by atoms with van der Waals surface area (Å²) in [7, 11) is 0. The maximum atomic E-state index is 13.3. The molecule has 1 saturated heterocycles. The average Bonchev–Trinajstić information content (AvgIpc) is 2.68. The van der Waals surface area contributed by atoms with Gasteiger partial charge in [0.25, 0.3) is 5.91 Å². The van der Waals surface area contributed by atoms with Gasteiger partial charge in [0.15, 0.2) is 11.6 Å². The standard InChI is InChI=1S/C11H9F2NO2/c12-8-4-1-3-7(10(8)13)11(16)14-6-2-5-9(14)15/h1,3-4H,2,5-6H2. The topological polar surface area (TPSA) is 37.4 Å². The molecule has 0 aromatic heterocycles. The van der Waals surface area contributed by atoms with Crippen LogP contribution in [0.15, 0.2) is 18.2 Å². The summed E-state index contributed by atoms with van der Waals surface area (Å²) in [5.41, 5.74) is -0.393. The van der Waals surface area contributed by atoms with E-state index >= 15 is 0 Å². The molecule has 0 saturated carbocycles. The van der Waals surface area contributed by atoms with Gasteiger partial charge in [-0.15, -0.1) is 0 Å². The fourth-order valence-corrected chi connectivity index (χ4v) is 1.68. The zero-order valence-electron chi connectivity index (χ0n) is 8.37. The van der Waals surface area contributed by atoms with Gasteiger partial charge in [-0.2, -0.15) is 0 Å². The lowest BCUT2D eigenvalue weighted by Crippen LogP contribution is -2.32. The minimum atomic E-state index is -1.20. The minimum absolute atomic E-state index is 0.271. The zero-order valence-corrected chi connectivity index (χ0v) is 8.37. The average molecular weight is 225 g/mol. The van der Waals surface area contributed by atoms with E-state index in [0.29, 0.717) is 6.42 Å². The normalized spacial score (nSPS) is 15.6. The molecule has 1 aliphatic rings. The first-order valence-corrected chi connectivity index (χ1v) is 4.90. The van der Waals surface area contributed by atoms with Gasteiger partial charge in [0.2, 0.25) is 5.91 Å². The van der Waals surface area contributed by atoms with Crippen LogP contribution in [0.4, 0.5) is 8.78 Å². The van der Waals surface area contributed by atoms with Crippen molar-refractivity contribution in [1.29, 1.82) is 0 Å². The second-order valence-corrected chi connectivity index (χ2v) is 3.56. The molecule has 3 nitrogen and oxygen atoms in total. The van der Waals surface area contributed by atoms with Gasteiger partial charge >= 0.3 is 0 Å². The second kappa shape index (κ2) is 4.00. The van der Waals surface area contributed by atoms with E-state index in [4.69, 9.17) is 0 Å². The lowest BCUT2D eigenvalue weighted by atomic mass is 10.2. The van der Waals surface area contributed by atoms with E-state index in [0.717, 1.165) is 11.0 Å². The smallest absolute Gasteiger partial charge is 0.263 e. The van der Waals surface area contributed by atoms with E-state index < -0.39 is 23.1 Å². The van der Waals surface area contributed by atoms with Crippen molar-refractivity contribution in [3.05, 3.63) is 35.4 Å². The highest BCUT2D eigenvalue weighted by Crippen LogP contribution is 2.18. The van der Waals surface area contributed by atoms with Gasteiger partial charge in [0.05, 0.1) is 5.56 Å². The maximum Gasteiger partial charge on any atom is 0.263 e. The number of carbonyl (C=O) groups excluding carboxylic acids is 2. The van der Waals surface area contributed by atoms with Gasteiger partial charge in [-0.25, -0.2) is 8.78 Å². The Hall–Kier alpha value is -1.78. The Morgan fingerprint density at radius 2 is 2.06 bits per heavy atom. The van der Waals surface area contributed by atoms with Crippen LogP contribution < -0.4 is 0 Å². The molecule has 1 aromatic rings. The number of halogens is 2. The van der Waals surface area contributed by atoms with E-state index in [-0.39, 0.29) is 18.9 Å². The summed E-state index contributed by atoms with van der Waals surface area (Å²) >= 11 is 0. The third-order valence-corrected chi connectivity index (χ3v) is 2.50. The molecule has 1 aliphatic heterocycles. The van der Waals surface area contributed by atoms with E-state index in [1.54, 1.807) is 0 Å². The molecule has 16 heavy (non-hydrogen) atoms. The summed E-state index contributed by atoms with van der Waals surface area (Å²) in [4.78, 5) is 24.0. The minimum Gasteiger partial charge on any atom is -0.278 e. The SMILES string of the molecule is O=C1CCCN1C(=O)c1cccc(F)c1F. The molecule has 84 valence electrons. The molecule has 0 atom stereocenters. The number of likely N-dealkylation sites (tertiary alicyclic amines) is 1. The van der Waals surface area contributed by atoms with Gasteiger partial charge in [-0.3, -0.25) is 14.5 Å². The van der Waals surface area contributed by atoms with Gasteiger partial charge in [-0.1, -0.05) is 6.07 Å². The largest absolute Gasteiger partial charge is 0.278 e. The highest BCUT2D eigenvalue weighted by Gasteiger charge is 2.29. The molecule has 0 unspecified atom stereocenters. The van der Waals surface area contributed by atoms with Crippen molar-refractivity contribution in [3.63, 3.8) is 0 Å². The second-order valence-electron chi connectivity index (χ2n) is 3.56. The van der Waals surface area contributed by atoms with E-state index in [1.165, 1.54) is 12.1 Å². The van der Waals surface area contributed by atoms with Crippen molar-refractivity contribution in [1.82, 2.24) is 4.90 Å². The van der Waals surface area contributed by atoms with Crippen LogP contribution in [0, 0.1) is 11.6 Å². The summed E-state index contributed by atoms with van der Waals surface area (Å²) in [6, 6.07) is 3.34. The van der Waals surface area contributed by atoms with Crippen LogP contribution in [0.2, 0.25) is 0 Å². The molecular formula is C11H9F2NO2. The van der Waals surface area contributed by atoms with Crippen LogP contribution in [-0.4, -0.2) is 23.3 Å². The molecule has 2 rings (SSSR count).